The van der Waals surface area contributed by atoms with Crippen LogP contribution in [0.2, 0.25) is 0 Å². The molecular formula is C21H25NO3S. The van der Waals surface area contributed by atoms with Crippen LogP contribution >= 0.6 is 0 Å². The second-order valence-electron chi connectivity index (χ2n) is 7.47. The van der Waals surface area contributed by atoms with Crippen LogP contribution in [0.3, 0.4) is 0 Å². The first kappa shape index (κ1) is 18.8. The summed E-state index contributed by atoms with van der Waals surface area (Å²) in [4.78, 5) is 0. The van der Waals surface area contributed by atoms with Gasteiger partial charge in [0.1, 0.15) is 17.1 Å². The Bertz CT molecular complexity index is 825. The summed E-state index contributed by atoms with van der Waals surface area (Å²) in [5.41, 5.74) is 2.34. The highest BCUT2D eigenvalue weighted by molar-refractivity contribution is 7.85. The van der Waals surface area contributed by atoms with Crippen molar-refractivity contribution < 1.29 is 13.7 Å². The average Bonchev–Trinajstić information content (AvgIpc) is 3.36. The summed E-state index contributed by atoms with van der Waals surface area (Å²) in [7, 11) is 0.113. The number of rotatable bonds is 4. The first-order valence-corrected chi connectivity index (χ1v) is 9.75. The second kappa shape index (κ2) is 6.97. The van der Waals surface area contributed by atoms with Gasteiger partial charge in [0.15, 0.2) is 5.60 Å². The third kappa shape index (κ3) is 3.46. The molecule has 0 aliphatic carbocycles. The molecule has 5 heteroatoms. The van der Waals surface area contributed by atoms with Gasteiger partial charge in [0.25, 0.3) is 0 Å². The van der Waals surface area contributed by atoms with E-state index in [2.05, 4.69) is 35.6 Å². The zero-order valence-corrected chi connectivity index (χ0v) is 16.7. The van der Waals surface area contributed by atoms with E-state index in [-0.39, 0.29) is 6.10 Å². The summed E-state index contributed by atoms with van der Waals surface area (Å²) in [6.07, 6.45) is -0.221. The molecule has 4 nitrogen and oxygen atoms in total. The van der Waals surface area contributed by atoms with E-state index in [0.29, 0.717) is 5.90 Å². The molecule has 2 aromatic carbocycles. The smallest absolute Gasteiger partial charge is 0.238 e. The van der Waals surface area contributed by atoms with Gasteiger partial charge in [-0.1, -0.05) is 60.2 Å². The van der Waals surface area contributed by atoms with E-state index in [1.807, 2.05) is 51.1 Å². The number of nitrogens with zero attached hydrogens (tertiary/aromatic N) is 1. The molecule has 26 heavy (non-hydrogen) atoms. The molecule has 1 unspecified atom stereocenters. The van der Waals surface area contributed by atoms with Gasteiger partial charge in [-0.15, -0.1) is 0 Å². The number of benzene rings is 2. The highest BCUT2D eigenvalue weighted by atomic mass is 32.2. The highest BCUT2D eigenvalue weighted by Crippen LogP contribution is 2.58. The highest BCUT2D eigenvalue weighted by Gasteiger charge is 2.64. The molecule has 0 bridgehead atoms. The van der Waals surface area contributed by atoms with Gasteiger partial charge in [0.2, 0.25) is 5.90 Å². The molecule has 0 spiro atoms. The van der Waals surface area contributed by atoms with Crippen LogP contribution in [0.15, 0.2) is 59.0 Å². The van der Waals surface area contributed by atoms with Crippen LogP contribution in [-0.4, -0.2) is 22.0 Å². The average molecular weight is 372 g/mol. The van der Waals surface area contributed by atoms with Crippen LogP contribution in [0.5, 0.6) is 0 Å². The van der Waals surface area contributed by atoms with Gasteiger partial charge < -0.3 is 9.47 Å². The Morgan fingerprint density at radius 1 is 1.12 bits per heavy atom. The van der Waals surface area contributed by atoms with E-state index in [1.54, 1.807) is 7.11 Å². The monoisotopic (exact) mass is 371 g/mol. The Kier molecular flexibility index (Phi) is 5.04. The lowest BCUT2D eigenvalue weighted by Gasteiger charge is -2.18. The standard InChI is InChI=1S/C21H25NO3S/c1-15-11-13-16(14-12-15)18-21(25-18,17-9-7-6-8-10-17)19(24-5)22-26(23)20(2,3)4/h6-14,18H,1-5H3/b22-19-/t18-,21+,26?/m1/s1. The van der Waals surface area contributed by atoms with Gasteiger partial charge in [0.05, 0.1) is 11.9 Å². The van der Waals surface area contributed by atoms with Crippen LogP contribution in [0.25, 0.3) is 0 Å². The fourth-order valence-electron chi connectivity index (χ4n) is 2.86. The summed E-state index contributed by atoms with van der Waals surface area (Å²) < 4.78 is 28.3. The lowest BCUT2D eigenvalue weighted by atomic mass is 9.91. The predicted octanol–water partition coefficient (Wildman–Crippen LogP) is 4.47. The summed E-state index contributed by atoms with van der Waals surface area (Å²) in [5, 5.41) is 0. The van der Waals surface area contributed by atoms with Crippen molar-refractivity contribution in [1.82, 2.24) is 0 Å². The van der Waals surface area contributed by atoms with Crippen molar-refractivity contribution in [2.45, 2.75) is 44.1 Å². The van der Waals surface area contributed by atoms with E-state index in [9.17, 15) is 4.21 Å². The quantitative estimate of drug-likeness (QED) is 0.453. The van der Waals surface area contributed by atoms with Crippen molar-refractivity contribution in [3.63, 3.8) is 0 Å². The van der Waals surface area contributed by atoms with Gasteiger partial charge in [-0.25, -0.2) is 4.21 Å². The lowest BCUT2D eigenvalue weighted by Crippen LogP contribution is -2.28. The van der Waals surface area contributed by atoms with Crippen molar-refractivity contribution >= 4 is 16.9 Å². The van der Waals surface area contributed by atoms with Gasteiger partial charge in [-0.2, -0.15) is 4.40 Å². The largest absolute Gasteiger partial charge is 0.481 e. The van der Waals surface area contributed by atoms with E-state index >= 15 is 0 Å². The summed E-state index contributed by atoms with van der Waals surface area (Å²) in [5.74, 6) is 0.350. The molecule has 1 heterocycles. The maximum absolute atomic E-state index is 12.6. The minimum Gasteiger partial charge on any atom is -0.481 e. The van der Waals surface area contributed by atoms with Gasteiger partial charge in [-0.05, 0) is 38.8 Å². The fourth-order valence-corrected chi connectivity index (χ4v) is 3.49. The van der Waals surface area contributed by atoms with Crippen molar-refractivity contribution in [3.05, 3.63) is 71.3 Å². The van der Waals surface area contributed by atoms with E-state index in [0.717, 1.165) is 11.1 Å². The van der Waals surface area contributed by atoms with Gasteiger partial charge in [-0.3, -0.25) is 0 Å². The number of ether oxygens (including phenoxy) is 2. The Balaban J connectivity index is 2.07. The molecule has 0 radical (unpaired) electrons. The maximum Gasteiger partial charge on any atom is 0.238 e. The molecule has 0 amide bonds. The van der Waals surface area contributed by atoms with Crippen molar-refractivity contribution in [3.8, 4) is 0 Å². The van der Waals surface area contributed by atoms with E-state index in [4.69, 9.17) is 9.47 Å². The minimum absolute atomic E-state index is 0.221. The van der Waals surface area contributed by atoms with Crippen LogP contribution in [-0.2, 0) is 26.1 Å². The van der Waals surface area contributed by atoms with Crippen molar-refractivity contribution in [2.24, 2.45) is 4.40 Å². The Morgan fingerprint density at radius 3 is 2.27 bits per heavy atom. The topological polar surface area (TPSA) is 51.2 Å². The molecule has 2 aromatic rings. The zero-order chi connectivity index (χ0) is 18.9. The maximum atomic E-state index is 12.6. The fraction of sp³-hybridized carbons (Fsp3) is 0.381. The third-order valence-electron chi connectivity index (χ3n) is 4.40. The molecule has 1 aliphatic rings. The first-order chi connectivity index (χ1) is 12.3. The van der Waals surface area contributed by atoms with Crippen LogP contribution < -0.4 is 0 Å². The van der Waals surface area contributed by atoms with Crippen molar-refractivity contribution in [1.29, 1.82) is 0 Å². The number of hydrogen-bond donors (Lipinski definition) is 0. The molecule has 1 aliphatic heterocycles. The Morgan fingerprint density at radius 2 is 1.73 bits per heavy atom. The SMILES string of the molecule is CO/C(=N\S(=O)C(C)(C)C)[C@@]1(c2ccccc2)O[C@@H]1c1ccc(C)cc1. The lowest BCUT2D eigenvalue weighted by molar-refractivity contribution is 0.295. The zero-order valence-electron chi connectivity index (χ0n) is 15.9. The minimum atomic E-state index is -1.44. The molecule has 0 saturated carbocycles. The van der Waals surface area contributed by atoms with E-state index < -0.39 is 21.3 Å². The predicted molar refractivity (Wildman–Crippen MR) is 105 cm³/mol. The molecule has 0 N–H and O–H groups in total. The number of methoxy groups -OCH3 is 1. The number of hydrogen-bond acceptors (Lipinski definition) is 3. The molecule has 1 fully saturated rings. The first-order valence-electron chi connectivity index (χ1n) is 8.64. The Hall–Kier alpha value is -1.98. The Labute approximate surface area is 157 Å². The summed E-state index contributed by atoms with van der Waals surface area (Å²) in [6, 6.07) is 18.1. The molecule has 3 atom stereocenters. The van der Waals surface area contributed by atoms with Gasteiger partial charge in [0, 0.05) is 0 Å². The van der Waals surface area contributed by atoms with Crippen LogP contribution in [0.4, 0.5) is 0 Å². The summed E-state index contributed by atoms with van der Waals surface area (Å²) in [6.45, 7) is 7.72. The number of epoxide rings is 1. The van der Waals surface area contributed by atoms with Gasteiger partial charge >= 0.3 is 0 Å². The second-order valence-corrected chi connectivity index (χ2v) is 9.38. The molecule has 138 valence electrons. The molecule has 3 rings (SSSR count). The molecule has 1 saturated heterocycles. The molecular weight excluding hydrogens is 346 g/mol. The van der Waals surface area contributed by atoms with Crippen LogP contribution in [0.1, 0.15) is 43.6 Å². The van der Waals surface area contributed by atoms with E-state index in [1.165, 1.54) is 5.56 Å². The van der Waals surface area contributed by atoms with Crippen molar-refractivity contribution in [2.75, 3.05) is 7.11 Å². The number of aryl methyl sites for hydroxylation is 1. The van der Waals surface area contributed by atoms with Crippen LogP contribution in [0, 0.1) is 6.92 Å². The third-order valence-corrected chi connectivity index (χ3v) is 5.78. The summed E-state index contributed by atoms with van der Waals surface area (Å²) >= 11 is 0. The molecule has 0 aromatic heterocycles. The normalized spacial score (nSPS) is 24.2.